The molecule has 62 valence electrons. The monoisotopic (exact) mass is 244 g/mol. The lowest BCUT2D eigenvalue weighted by atomic mass is 10.3. The largest absolute Gasteiger partial charge is 0.383 e. The molecule has 3 N–H and O–H groups in total. The van der Waals surface area contributed by atoms with Crippen molar-refractivity contribution in [3.05, 3.63) is 16.2 Å². The highest BCUT2D eigenvalue weighted by atomic mass is 79.9. The molecule has 0 saturated heterocycles. The van der Waals surface area contributed by atoms with Gasteiger partial charge in [0, 0.05) is 0 Å². The van der Waals surface area contributed by atoms with Gasteiger partial charge in [-0.2, -0.15) is 5.10 Å². The first kappa shape index (κ1) is 7.75. The number of rotatable bonds is 1. The number of nitrogens with two attached hydrogens (primary N) is 1. The fraction of sp³-hybridized carbons (Fsp3) is 0. The first-order valence-electron chi connectivity index (χ1n) is 3.18. The number of nitrogens with zero attached hydrogens (tertiary/aromatic N) is 2. The van der Waals surface area contributed by atoms with Crippen molar-refractivity contribution in [2.45, 2.75) is 0 Å². The van der Waals surface area contributed by atoms with Gasteiger partial charge in [-0.15, -0.1) is 11.3 Å². The number of H-pyrrole nitrogens is 1. The van der Waals surface area contributed by atoms with Gasteiger partial charge in [-0.3, -0.25) is 5.10 Å². The summed E-state index contributed by atoms with van der Waals surface area (Å²) in [5, 5.41) is 7.33. The van der Waals surface area contributed by atoms with Crippen LogP contribution in [0.2, 0.25) is 0 Å². The summed E-state index contributed by atoms with van der Waals surface area (Å²) in [7, 11) is 0. The minimum atomic E-state index is 0.553. The van der Waals surface area contributed by atoms with Crippen LogP contribution in [0.5, 0.6) is 0 Å². The van der Waals surface area contributed by atoms with E-state index in [2.05, 4.69) is 31.1 Å². The van der Waals surface area contributed by atoms with Crippen LogP contribution >= 0.6 is 27.3 Å². The fourth-order valence-electron chi connectivity index (χ4n) is 0.846. The minimum Gasteiger partial charge on any atom is -0.383 e. The molecule has 2 aromatic heterocycles. The van der Waals surface area contributed by atoms with E-state index in [0.717, 1.165) is 14.4 Å². The van der Waals surface area contributed by atoms with E-state index in [1.54, 1.807) is 12.4 Å². The number of aromatic nitrogens is 3. The van der Waals surface area contributed by atoms with Gasteiger partial charge in [-0.05, 0) is 15.9 Å². The summed E-state index contributed by atoms with van der Waals surface area (Å²) in [5.41, 5.74) is 6.47. The Hall–Kier alpha value is -0.880. The molecule has 0 aliphatic heterocycles. The predicted octanol–water partition coefficient (Wildman–Crippen LogP) is 1.88. The van der Waals surface area contributed by atoms with Crippen molar-refractivity contribution in [1.82, 2.24) is 15.2 Å². The third-order valence-corrected chi connectivity index (χ3v) is 2.89. The van der Waals surface area contributed by atoms with Gasteiger partial charge in [-0.25, -0.2) is 4.98 Å². The molecule has 0 bridgehead atoms. The highest BCUT2D eigenvalue weighted by Gasteiger charge is 2.07. The number of hydrogen-bond donors (Lipinski definition) is 2. The first-order chi connectivity index (χ1) is 5.77. The maximum absolute atomic E-state index is 5.62. The average Bonchev–Trinajstić information content (AvgIpc) is 2.58. The molecule has 2 aromatic rings. The van der Waals surface area contributed by atoms with Crippen molar-refractivity contribution in [2.75, 3.05) is 5.73 Å². The summed E-state index contributed by atoms with van der Waals surface area (Å²) < 4.78 is 0.984. The van der Waals surface area contributed by atoms with E-state index in [1.807, 2.05) is 0 Å². The standard InChI is InChI=1S/C6H5BrN4S/c7-4-2-9-6(12-4)3-1-10-11-5(3)8/h1-2H,(H3,8,10,11). The van der Waals surface area contributed by atoms with Crippen LogP contribution in [0.15, 0.2) is 16.2 Å². The molecule has 0 spiro atoms. The topological polar surface area (TPSA) is 67.6 Å². The Morgan fingerprint density at radius 1 is 1.50 bits per heavy atom. The number of nitrogens with one attached hydrogen (secondary N) is 1. The van der Waals surface area contributed by atoms with Crippen molar-refractivity contribution < 1.29 is 0 Å². The second kappa shape index (κ2) is 2.87. The molecule has 6 heteroatoms. The summed E-state index contributed by atoms with van der Waals surface area (Å²) in [6.07, 6.45) is 3.41. The van der Waals surface area contributed by atoms with Crippen LogP contribution in [-0.4, -0.2) is 15.2 Å². The van der Waals surface area contributed by atoms with Crippen molar-refractivity contribution in [2.24, 2.45) is 0 Å². The van der Waals surface area contributed by atoms with Crippen LogP contribution in [-0.2, 0) is 0 Å². The van der Waals surface area contributed by atoms with E-state index in [1.165, 1.54) is 11.3 Å². The smallest absolute Gasteiger partial charge is 0.129 e. The molecule has 0 aliphatic rings. The molecule has 12 heavy (non-hydrogen) atoms. The van der Waals surface area contributed by atoms with Gasteiger partial charge >= 0.3 is 0 Å². The zero-order chi connectivity index (χ0) is 8.55. The lowest BCUT2D eigenvalue weighted by Crippen LogP contribution is -1.86. The molecule has 2 heterocycles. The molecule has 0 fully saturated rings. The van der Waals surface area contributed by atoms with Crippen LogP contribution < -0.4 is 5.73 Å². The fourth-order valence-corrected chi connectivity index (χ4v) is 2.08. The summed E-state index contributed by atoms with van der Waals surface area (Å²) in [6.45, 7) is 0. The van der Waals surface area contributed by atoms with E-state index < -0.39 is 0 Å². The lowest BCUT2D eigenvalue weighted by molar-refractivity contribution is 1.10. The molecule has 0 aromatic carbocycles. The number of halogens is 1. The minimum absolute atomic E-state index is 0.553. The Kier molecular flexibility index (Phi) is 1.86. The van der Waals surface area contributed by atoms with E-state index in [9.17, 15) is 0 Å². The molecule has 0 radical (unpaired) electrons. The van der Waals surface area contributed by atoms with Crippen LogP contribution in [0.3, 0.4) is 0 Å². The van der Waals surface area contributed by atoms with Gasteiger partial charge in [-0.1, -0.05) is 0 Å². The van der Waals surface area contributed by atoms with Crippen LogP contribution in [0.4, 0.5) is 5.82 Å². The molecule has 0 atom stereocenters. The third kappa shape index (κ3) is 1.23. The SMILES string of the molecule is Nc1[nH]ncc1-c1ncc(Br)s1. The molecule has 4 nitrogen and oxygen atoms in total. The van der Waals surface area contributed by atoms with Crippen LogP contribution in [0.25, 0.3) is 10.6 Å². The van der Waals surface area contributed by atoms with Crippen molar-refractivity contribution in [3.8, 4) is 10.6 Å². The van der Waals surface area contributed by atoms with Gasteiger partial charge in [0.05, 0.1) is 21.7 Å². The van der Waals surface area contributed by atoms with Gasteiger partial charge in [0.15, 0.2) is 0 Å². The number of aromatic amines is 1. The summed E-state index contributed by atoms with van der Waals surface area (Å²) in [6, 6.07) is 0. The van der Waals surface area contributed by atoms with E-state index >= 15 is 0 Å². The van der Waals surface area contributed by atoms with Crippen molar-refractivity contribution >= 4 is 33.1 Å². The third-order valence-electron chi connectivity index (χ3n) is 1.38. The zero-order valence-corrected chi connectivity index (χ0v) is 8.32. The first-order valence-corrected chi connectivity index (χ1v) is 4.79. The van der Waals surface area contributed by atoms with Crippen LogP contribution in [0.1, 0.15) is 0 Å². The van der Waals surface area contributed by atoms with Gasteiger partial charge in [0.1, 0.15) is 10.8 Å². The summed E-state index contributed by atoms with van der Waals surface area (Å²) in [4.78, 5) is 4.15. The molecular weight excluding hydrogens is 240 g/mol. The molecule has 0 amide bonds. The quantitative estimate of drug-likeness (QED) is 0.805. The molecule has 0 unspecified atom stereocenters. The predicted molar refractivity (Wildman–Crippen MR) is 51.8 cm³/mol. The highest BCUT2D eigenvalue weighted by molar-refractivity contribution is 9.11. The Balaban J connectivity index is 2.50. The highest BCUT2D eigenvalue weighted by Crippen LogP contribution is 2.30. The number of hydrogen-bond acceptors (Lipinski definition) is 4. The Morgan fingerprint density at radius 2 is 2.33 bits per heavy atom. The normalized spacial score (nSPS) is 10.4. The molecular formula is C6H5BrN4S. The maximum Gasteiger partial charge on any atom is 0.129 e. The van der Waals surface area contributed by atoms with Gasteiger partial charge in [0.2, 0.25) is 0 Å². The van der Waals surface area contributed by atoms with Crippen molar-refractivity contribution in [3.63, 3.8) is 0 Å². The molecule has 2 rings (SSSR count). The Morgan fingerprint density at radius 3 is 2.83 bits per heavy atom. The van der Waals surface area contributed by atoms with Crippen molar-refractivity contribution in [1.29, 1.82) is 0 Å². The van der Waals surface area contributed by atoms with Gasteiger partial charge < -0.3 is 5.73 Å². The van der Waals surface area contributed by atoms with E-state index in [4.69, 9.17) is 5.73 Å². The lowest BCUT2D eigenvalue weighted by Gasteiger charge is -1.89. The second-order valence-corrected chi connectivity index (χ2v) is 4.58. The van der Waals surface area contributed by atoms with Gasteiger partial charge in [0.25, 0.3) is 0 Å². The van der Waals surface area contributed by atoms with Crippen LogP contribution in [0, 0.1) is 0 Å². The molecule has 0 saturated carbocycles. The van der Waals surface area contributed by atoms with E-state index in [-0.39, 0.29) is 0 Å². The Labute approximate surface area is 81.0 Å². The average molecular weight is 245 g/mol. The maximum atomic E-state index is 5.62. The molecule has 0 aliphatic carbocycles. The summed E-state index contributed by atoms with van der Waals surface area (Å²) >= 11 is 4.85. The zero-order valence-electron chi connectivity index (χ0n) is 5.91. The number of nitrogen functional groups attached to an aromatic ring is 1. The number of anilines is 1. The Bertz CT molecular complexity index is 394. The van der Waals surface area contributed by atoms with E-state index in [0.29, 0.717) is 5.82 Å². The second-order valence-electron chi connectivity index (χ2n) is 2.17. The summed E-state index contributed by atoms with van der Waals surface area (Å²) in [5.74, 6) is 0.553. The number of thiazole rings is 1.